The summed E-state index contributed by atoms with van der Waals surface area (Å²) < 4.78 is 1.60. The molecule has 0 spiro atoms. The van der Waals surface area contributed by atoms with E-state index in [1.54, 1.807) is 47.3 Å². The van der Waals surface area contributed by atoms with Crippen molar-refractivity contribution < 1.29 is 9.59 Å². The summed E-state index contributed by atoms with van der Waals surface area (Å²) in [7, 11) is 0. The maximum Gasteiger partial charge on any atom is 0.264 e. The van der Waals surface area contributed by atoms with E-state index in [2.05, 4.69) is 10.3 Å². The van der Waals surface area contributed by atoms with Gasteiger partial charge in [-0.1, -0.05) is 29.3 Å². The van der Waals surface area contributed by atoms with E-state index in [0.29, 0.717) is 21.3 Å². The molecule has 30 heavy (non-hydrogen) atoms. The Morgan fingerprint density at radius 3 is 2.63 bits per heavy atom. The Balaban J connectivity index is 1.61. The first-order chi connectivity index (χ1) is 14.4. The maximum absolute atomic E-state index is 13.1. The van der Waals surface area contributed by atoms with E-state index in [1.807, 2.05) is 31.2 Å². The predicted octanol–water partition coefficient (Wildman–Crippen LogP) is 5.52. The number of rotatable bonds is 4. The number of carbonyl (C=O) groups excluding carboxylic acids is 2. The molecule has 0 unspecified atom stereocenters. The van der Waals surface area contributed by atoms with Crippen molar-refractivity contribution in [3.63, 3.8) is 0 Å². The minimum Gasteiger partial charge on any atom is -0.326 e. The fourth-order valence-corrected chi connectivity index (χ4v) is 3.87. The van der Waals surface area contributed by atoms with Crippen molar-refractivity contribution >= 4 is 51.6 Å². The summed E-state index contributed by atoms with van der Waals surface area (Å²) in [6.45, 7) is 1.85. The van der Waals surface area contributed by atoms with Gasteiger partial charge in [0.2, 0.25) is 5.91 Å². The lowest BCUT2D eigenvalue weighted by molar-refractivity contribution is -0.115. The molecule has 1 N–H and O–H groups in total. The normalized spacial score (nSPS) is 10.9. The first-order valence-corrected chi connectivity index (χ1v) is 9.98. The van der Waals surface area contributed by atoms with Crippen molar-refractivity contribution in [3.8, 4) is 0 Å². The zero-order valence-electron chi connectivity index (χ0n) is 16.0. The minimum atomic E-state index is -0.238. The summed E-state index contributed by atoms with van der Waals surface area (Å²) in [5, 5.41) is 4.50. The molecule has 2 aromatic carbocycles. The molecule has 2 heterocycles. The summed E-state index contributed by atoms with van der Waals surface area (Å²) in [6.07, 6.45) is 3.57. The lowest BCUT2D eigenvalue weighted by Gasteiger charge is -2.10. The number of aryl methyl sites for hydroxylation is 1. The van der Waals surface area contributed by atoms with Crippen LogP contribution in [-0.2, 0) is 11.2 Å². The Morgan fingerprint density at radius 2 is 1.90 bits per heavy atom. The average Bonchev–Trinajstić information content (AvgIpc) is 3.03. The van der Waals surface area contributed by atoms with Crippen LogP contribution in [0.2, 0.25) is 10.0 Å². The highest BCUT2D eigenvalue weighted by Crippen LogP contribution is 2.27. The van der Waals surface area contributed by atoms with Gasteiger partial charge in [-0.3, -0.25) is 19.1 Å². The van der Waals surface area contributed by atoms with Gasteiger partial charge in [0, 0.05) is 34.2 Å². The Hall–Kier alpha value is -3.15. The van der Waals surface area contributed by atoms with E-state index in [-0.39, 0.29) is 18.2 Å². The monoisotopic (exact) mass is 437 g/mol. The number of nitrogens with one attached hydrogen (secondary N) is 1. The highest BCUT2D eigenvalue weighted by molar-refractivity contribution is 6.37. The van der Waals surface area contributed by atoms with Gasteiger partial charge in [-0.25, -0.2) is 0 Å². The number of nitrogens with zero attached hydrogens (tertiary/aromatic N) is 2. The van der Waals surface area contributed by atoms with Crippen LogP contribution in [0.3, 0.4) is 0 Å². The molecule has 0 fully saturated rings. The molecular weight excluding hydrogens is 421 g/mol. The molecule has 4 rings (SSSR count). The zero-order valence-corrected chi connectivity index (χ0v) is 17.5. The van der Waals surface area contributed by atoms with Gasteiger partial charge in [0.1, 0.15) is 0 Å². The van der Waals surface area contributed by atoms with E-state index >= 15 is 0 Å². The van der Waals surface area contributed by atoms with E-state index in [4.69, 9.17) is 23.2 Å². The Kier molecular flexibility index (Phi) is 5.57. The number of hydrogen-bond donors (Lipinski definition) is 1. The lowest BCUT2D eigenvalue weighted by Crippen LogP contribution is -2.15. The van der Waals surface area contributed by atoms with Crippen LogP contribution in [-0.4, -0.2) is 21.4 Å². The van der Waals surface area contributed by atoms with Gasteiger partial charge in [0.25, 0.3) is 5.91 Å². The molecule has 0 saturated carbocycles. The smallest absolute Gasteiger partial charge is 0.264 e. The summed E-state index contributed by atoms with van der Waals surface area (Å²) >= 11 is 12.2. The van der Waals surface area contributed by atoms with Crippen LogP contribution in [0.15, 0.2) is 67.0 Å². The number of carbonyl (C=O) groups is 2. The summed E-state index contributed by atoms with van der Waals surface area (Å²) in [5.41, 5.74) is 3.36. The minimum absolute atomic E-state index is 0.137. The molecule has 0 radical (unpaired) electrons. The quantitative estimate of drug-likeness (QED) is 0.456. The summed E-state index contributed by atoms with van der Waals surface area (Å²) in [6, 6.07) is 15.8. The van der Waals surface area contributed by atoms with Crippen LogP contribution in [0.5, 0.6) is 0 Å². The van der Waals surface area contributed by atoms with Crippen LogP contribution < -0.4 is 5.32 Å². The van der Waals surface area contributed by atoms with Gasteiger partial charge < -0.3 is 5.32 Å². The number of hydrogen-bond acceptors (Lipinski definition) is 3. The highest BCUT2D eigenvalue weighted by atomic mass is 35.5. The van der Waals surface area contributed by atoms with Gasteiger partial charge in [-0.15, -0.1) is 0 Å². The number of pyridine rings is 1. The highest BCUT2D eigenvalue weighted by Gasteiger charge is 2.18. The van der Waals surface area contributed by atoms with Crippen LogP contribution in [0.25, 0.3) is 10.9 Å². The number of halogens is 2. The van der Waals surface area contributed by atoms with Gasteiger partial charge in [-0.2, -0.15) is 0 Å². The number of amides is 1. The molecule has 0 saturated heterocycles. The maximum atomic E-state index is 13.1. The Labute approximate surface area is 183 Å². The molecule has 150 valence electrons. The van der Waals surface area contributed by atoms with E-state index in [9.17, 15) is 9.59 Å². The van der Waals surface area contributed by atoms with Crippen LogP contribution >= 0.6 is 23.2 Å². The zero-order chi connectivity index (χ0) is 21.3. The van der Waals surface area contributed by atoms with Gasteiger partial charge in [0.05, 0.1) is 22.5 Å². The molecule has 7 heteroatoms. The van der Waals surface area contributed by atoms with Crippen molar-refractivity contribution in [2.24, 2.45) is 0 Å². The fourth-order valence-electron chi connectivity index (χ4n) is 3.38. The molecule has 0 atom stereocenters. The number of fused-ring (bicyclic) bond motifs is 1. The molecule has 0 bridgehead atoms. The molecular formula is C23H17Cl2N3O2. The number of benzene rings is 2. The molecule has 1 amide bonds. The lowest BCUT2D eigenvalue weighted by atomic mass is 10.2. The predicted molar refractivity (Wildman–Crippen MR) is 119 cm³/mol. The second-order valence-corrected chi connectivity index (χ2v) is 7.75. The molecule has 4 aromatic rings. The van der Waals surface area contributed by atoms with Crippen LogP contribution in [0.1, 0.15) is 21.6 Å². The third-order valence-corrected chi connectivity index (χ3v) is 5.27. The number of anilines is 1. The van der Waals surface area contributed by atoms with E-state index in [1.165, 1.54) is 0 Å². The van der Waals surface area contributed by atoms with E-state index < -0.39 is 0 Å². The Morgan fingerprint density at radius 1 is 1.07 bits per heavy atom. The number of aromatic nitrogens is 2. The molecule has 0 aliphatic heterocycles. The molecule has 0 aliphatic carbocycles. The van der Waals surface area contributed by atoms with Crippen molar-refractivity contribution in [3.05, 3.63) is 93.9 Å². The van der Waals surface area contributed by atoms with Crippen molar-refractivity contribution in [2.75, 3.05) is 5.32 Å². The second kappa shape index (κ2) is 8.30. The topological polar surface area (TPSA) is 64.0 Å². The standard InChI is InChI=1S/C23H17Cl2N3O2/c1-14-9-16-11-18(27-22(29)10-15-3-2-8-26-13-15)5-7-21(16)28(14)23(30)19-6-4-17(24)12-20(19)25/h2-9,11-13H,10H2,1H3,(H,27,29). The van der Waals surface area contributed by atoms with Crippen LogP contribution in [0.4, 0.5) is 5.69 Å². The van der Waals surface area contributed by atoms with Crippen molar-refractivity contribution in [1.82, 2.24) is 9.55 Å². The first kappa shape index (κ1) is 20.1. The third kappa shape index (κ3) is 4.08. The van der Waals surface area contributed by atoms with Gasteiger partial charge in [-0.05, 0) is 61.0 Å². The summed E-state index contributed by atoms with van der Waals surface area (Å²) in [4.78, 5) is 29.4. The van der Waals surface area contributed by atoms with Crippen LogP contribution in [0, 0.1) is 6.92 Å². The first-order valence-electron chi connectivity index (χ1n) is 9.23. The average molecular weight is 438 g/mol. The van der Waals surface area contributed by atoms with Gasteiger partial charge >= 0.3 is 0 Å². The second-order valence-electron chi connectivity index (χ2n) is 6.91. The third-order valence-electron chi connectivity index (χ3n) is 4.72. The van der Waals surface area contributed by atoms with E-state index in [0.717, 1.165) is 22.2 Å². The van der Waals surface area contributed by atoms with Gasteiger partial charge in [0.15, 0.2) is 0 Å². The summed E-state index contributed by atoms with van der Waals surface area (Å²) in [5.74, 6) is -0.375. The Bertz CT molecular complexity index is 1270. The molecule has 5 nitrogen and oxygen atoms in total. The van der Waals surface area contributed by atoms with Crippen molar-refractivity contribution in [1.29, 1.82) is 0 Å². The molecule has 2 aromatic heterocycles. The molecule has 0 aliphatic rings. The SMILES string of the molecule is Cc1cc2cc(NC(=O)Cc3cccnc3)ccc2n1C(=O)c1ccc(Cl)cc1Cl. The fraction of sp³-hybridized carbons (Fsp3) is 0.0870. The van der Waals surface area contributed by atoms with Crippen molar-refractivity contribution in [2.45, 2.75) is 13.3 Å². The largest absolute Gasteiger partial charge is 0.326 e.